The molecular weight excluding hydrogens is 366 g/mol. The Morgan fingerprint density at radius 2 is 1.70 bits per heavy atom. The standard InChI is InChI=1S/C19H19N3O4S/c1-3-13-20-19(24)16-11-7-8-12-17(16)21-18(23)14-22(2)27(25,26)15-9-5-4-6-10-15/h1,4-12H,13-14H2,2H3,(H,20,24)(H,21,23). The fraction of sp³-hybridized carbons (Fsp3) is 0.158. The number of benzene rings is 2. The Morgan fingerprint density at radius 1 is 1.07 bits per heavy atom. The van der Waals surface area contributed by atoms with Gasteiger partial charge in [0, 0.05) is 7.05 Å². The molecule has 0 aliphatic heterocycles. The molecule has 0 atom stereocenters. The fourth-order valence-corrected chi connectivity index (χ4v) is 3.41. The lowest BCUT2D eigenvalue weighted by Crippen LogP contribution is -2.35. The normalized spacial score (nSPS) is 10.9. The van der Waals surface area contributed by atoms with Crippen LogP contribution in [-0.2, 0) is 14.8 Å². The molecule has 2 aromatic carbocycles. The van der Waals surface area contributed by atoms with Gasteiger partial charge in [0.25, 0.3) is 5.91 Å². The van der Waals surface area contributed by atoms with Crippen molar-refractivity contribution in [2.75, 3.05) is 25.5 Å². The predicted molar refractivity (Wildman–Crippen MR) is 102 cm³/mol. The summed E-state index contributed by atoms with van der Waals surface area (Å²) in [5.74, 6) is 1.28. The van der Waals surface area contributed by atoms with Gasteiger partial charge in [-0.05, 0) is 24.3 Å². The van der Waals surface area contributed by atoms with Crippen LogP contribution in [0, 0.1) is 12.3 Å². The molecule has 7 nitrogen and oxygen atoms in total. The zero-order valence-electron chi connectivity index (χ0n) is 14.7. The molecule has 0 heterocycles. The van der Waals surface area contributed by atoms with E-state index in [0.717, 1.165) is 4.31 Å². The second kappa shape index (κ2) is 8.98. The Morgan fingerprint density at radius 3 is 2.37 bits per heavy atom. The fourth-order valence-electron chi connectivity index (χ4n) is 2.27. The summed E-state index contributed by atoms with van der Waals surface area (Å²) in [7, 11) is -2.48. The Bertz CT molecular complexity index is 966. The zero-order valence-corrected chi connectivity index (χ0v) is 15.5. The van der Waals surface area contributed by atoms with Gasteiger partial charge in [0.05, 0.1) is 29.2 Å². The molecule has 140 valence electrons. The molecule has 27 heavy (non-hydrogen) atoms. The first kappa shape index (κ1) is 20.2. The number of nitrogens with one attached hydrogen (secondary N) is 2. The molecule has 0 unspecified atom stereocenters. The lowest BCUT2D eigenvalue weighted by molar-refractivity contribution is -0.116. The summed E-state index contributed by atoms with van der Waals surface area (Å²) in [5.41, 5.74) is 0.497. The minimum absolute atomic E-state index is 0.0547. The summed E-state index contributed by atoms with van der Waals surface area (Å²) in [6.45, 7) is -0.350. The molecule has 0 saturated heterocycles. The molecule has 0 aliphatic rings. The third-order valence-electron chi connectivity index (χ3n) is 3.61. The topological polar surface area (TPSA) is 95.6 Å². The van der Waals surface area contributed by atoms with Crippen molar-refractivity contribution in [3.63, 3.8) is 0 Å². The van der Waals surface area contributed by atoms with Crippen LogP contribution < -0.4 is 10.6 Å². The summed E-state index contributed by atoms with van der Waals surface area (Å²) in [5, 5.41) is 5.08. The third kappa shape index (κ3) is 5.17. The van der Waals surface area contributed by atoms with E-state index >= 15 is 0 Å². The maximum absolute atomic E-state index is 12.5. The minimum Gasteiger partial charge on any atom is -0.341 e. The maximum Gasteiger partial charge on any atom is 0.254 e. The summed E-state index contributed by atoms with van der Waals surface area (Å²) in [6.07, 6.45) is 5.12. The van der Waals surface area contributed by atoms with Crippen molar-refractivity contribution in [2.24, 2.45) is 0 Å². The highest BCUT2D eigenvalue weighted by atomic mass is 32.2. The molecule has 0 saturated carbocycles. The summed E-state index contributed by atoms with van der Waals surface area (Å²) in [4.78, 5) is 24.5. The zero-order chi connectivity index (χ0) is 19.9. The van der Waals surface area contributed by atoms with E-state index in [1.807, 2.05) is 0 Å². The number of sulfonamides is 1. The van der Waals surface area contributed by atoms with Crippen molar-refractivity contribution >= 4 is 27.5 Å². The molecule has 0 radical (unpaired) electrons. The molecule has 2 aromatic rings. The van der Waals surface area contributed by atoms with E-state index in [-0.39, 0.29) is 22.7 Å². The summed E-state index contributed by atoms with van der Waals surface area (Å²) in [6, 6.07) is 14.2. The van der Waals surface area contributed by atoms with Gasteiger partial charge in [-0.2, -0.15) is 4.31 Å². The van der Waals surface area contributed by atoms with Gasteiger partial charge in [-0.25, -0.2) is 8.42 Å². The molecule has 2 rings (SSSR count). The van der Waals surface area contributed by atoms with Gasteiger partial charge in [-0.15, -0.1) is 6.42 Å². The van der Waals surface area contributed by atoms with Crippen molar-refractivity contribution in [1.29, 1.82) is 0 Å². The summed E-state index contributed by atoms with van der Waals surface area (Å²) < 4.78 is 25.9. The second-order valence-corrected chi connectivity index (χ2v) is 7.60. The third-order valence-corrected chi connectivity index (χ3v) is 5.43. The van der Waals surface area contributed by atoms with Crippen LogP contribution >= 0.6 is 0 Å². The smallest absolute Gasteiger partial charge is 0.254 e. The van der Waals surface area contributed by atoms with Crippen LogP contribution in [0.25, 0.3) is 0 Å². The average molecular weight is 385 g/mol. The number of likely N-dealkylation sites (N-methyl/N-ethyl adjacent to an activating group) is 1. The Kier molecular flexibility index (Phi) is 6.71. The van der Waals surface area contributed by atoms with Crippen molar-refractivity contribution in [3.8, 4) is 12.3 Å². The molecule has 0 spiro atoms. The number of para-hydroxylation sites is 1. The molecule has 0 aromatic heterocycles. The van der Waals surface area contributed by atoms with Crippen LogP contribution in [0.3, 0.4) is 0 Å². The first-order valence-electron chi connectivity index (χ1n) is 7.98. The number of hydrogen-bond donors (Lipinski definition) is 2. The predicted octanol–water partition coefficient (Wildman–Crippen LogP) is 1.31. The van der Waals surface area contributed by atoms with Gasteiger partial charge in [0.2, 0.25) is 15.9 Å². The largest absolute Gasteiger partial charge is 0.341 e. The molecule has 0 aliphatic carbocycles. The second-order valence-electron chi connectivity index (χ2n) is 5.55. The highest BCUT2D eigenvalue weighted by molar-refractivity contribution is 7.89. The number of anilines is 1. The molecule has 2 amide bonds. The van der Waals surface area contributed by atoms with Crippen molar-refractivity contribution in [2.45, 2.75) is 4.90 Å². The van der Waals surface area contributed by atoms with E-state index in [1.54, 1.807) is 36.4 Å². The van der Waals surface area contributed by atoms with Gasteiger partial charge in [-0.1, -0.05) is 36.3 Å². The molecule has 8 heteroatoms. The molecule has 2 N–H and O–H groups in total. The van der Waals surface area contributed by atoms with Gasteiger partial charge < -0.3 is 10.6 Å². The van der Waals surface area contributed by atoms with E-state index in [1.165, 1.54) is 25.2 Å². The SMILES string of the molecule is C#CCNC(=O)c1ccccc1NC(=O)CN(C)S(=O)(=O)c1ccccc1. The van der Waals surface area contributed by atoms with Crippen LogP contribution in [0.15, 0.2) is 59.5 Å². The molecule has 0 fully saturated rings. The Balaban J connectivity index is 2.10. The van der Waals surface area contributed by atoms with Gasteiger partial charge in [0.15, 0.2) is 0 Å². The van der Waals surface area contributed by atoms with E-state index < -0.39 is 28.4 Å². The number of carbonyl (C=O) groups is 2. The van der Waals surface area contributed by atoms with E-state index in [0.29, 0.717) is 0 Å². The number of hydrogen-bond acceptors (Lipinski definition) is 4. The van der Waals surface area contributed by atoms with Crippen LogP contribution in [0.2, 0.25) is 0 Å². The van der Waals surface area contributed by atoms with Gasteiger partial charge >= 0.3 is 0 Å². The maximum atomic E-state index is 12.5. The quantitative estimate of drug-likeness (QED) is 0.703. The Hall–Kier alpha value is -3.15. The van der Waals surface area contributed by atoms with Crippen molar-refractivity contribution in [1.82, 2.24) is 9.62 Å². The number of carbonyl (C=O) groups excluding carboxylic acids is 2. The Labute approximate surface area is 158 Å². The van der Waals surface area contributed by atoms with Gasteiger partial charge in [-0.3, -0.25) is 9.59 Å². The van der Waals surface area contributed by atoms with Crippen molar-refractivity contribution < 1.29 is 18.0 Å². The van der Waals surface area contributed by atoms with E-state index in [4.69, 9.17) is 6.42 Å². The van der Waals surface area contributed by atoms with Crippen molar-refractivity contribution in [3.05, 3.63) is 60.2 Å². The van der Waals surface area contributed by atoms with Crippen LogP contribution in [0.4, 0.5) is 5.69 Å². The van der Waals surface area contributed by atoms with Gasteiger partial charge in [0.1, 0.15) is 0 Å². The van der Waals surface area contributed by atoms with E-state index in [9.17, 15) is 18.0 Å². The van der Waals surface area contributed by atoms with Crippen LogP contribution in [0.1, 0.15) is 10.4 Å². The molecular formula is C19H19N3O4S. The number of rotatable bonds is 7. The average Bonchev–Trinajstić information content (AvgIpc) is 2.67. The summed E-state index contributed by atoms with van der Waals surface area (Å²) >= 11 is 0. The van der Waals surface area contributed by atoms with Crippen LogP contribution in [-0.4, -0.2) is 44.7 Å². The monoisotopic (exact) mass is 385 g/mol. The number of terminal acetylenes is 1. The number of amides is 2. The highest BCUT2D eigenvalue weighted by Gasteiger charge is 2.23. The first-order valence-corrected chi connectivity index (χ1v) is 9.42. The number of nitrogens with zero attached hydrogens (tertiary/aromatic N) is 1. The lowest BCUT2D eigenvalue weighted by Gasteiger charge is -2.17. The lowest BCUT2D eigenvalue weighted by atomic mass is 10.1. The van der Waals surface area contributed by atoms with Crippen LogP contribution in [0.5, 0.6) is 0 Å². The molecule has 0 bridgehead atoms. The first-order chi connectivity index (χ1) is 12.9. The van der Waals surface area contributed by atoms with E-state index in [2.05, 4.69) is 16.6 Å². The highest BCUT2D eigenvalue weighted by Crippen LogP contribution is 2.16. The minimum atomic E-state index is -3.79.